The Morgan fingerprint density at radius 3 is 2.24 bits per heavy atom. The van der Waals surface area contributed by atoms with Crippen molar-refractivity contribution >= 4 is 11.8 Å². The van der Waals surface area contributed by atoms with E-state index in [0.717, 1.165) is 0 Å². The van der Waals surface area contributed by atoms with Crippen molar-refractivity contribution < 1.29 is 14.3 Å². The number of ether oxygens (including phenoxy) is 1. The summed E-state index contributed by atoms with van der Waals surface area (Å²) in [5.41, 5.74) is -0.395. The maximum Gasteiger partial charge on any atom is 0.225 e. The van der Waals surface area contributed by atoms with Crippen LogP contribution in [0, 0.1) is 5.41 Å². The van der Waals surface area contributed by atoms with Gasteiger partial charge in [0.25, 0.3) is 0 Å². The fourth-order valence-electron chi connectivity index (χ4n) is 1.20. The lowest BCUT2D eigenvalue weighted by molar-refractivity contribution is -0.131. The molecule has 1 N–H and O–H groups in total. The smallest absolute Gasteiger partial charge is 0.225 e. The average molecular weight is 244 g/mol. The molecule has 0 atom stereocenters. The molecular formula is C12H24N2O3. The van der Waals surface area contributed by atoms with E-state index in [9.17, 15) is 9.59 Å². The highest BCUT2D eigenvalue weighted by Crippen LogP contribution is 2.11. The summed E-state index contributed by atoms with van der Waals surface area (Å²) in [5.74, 6) is -0.0141. The molecule has 0 fully saturated rings. The van der Waals surface area contributed by atoms with Crippen molar-refractivity contribution in [2.24, 2.45) is 5.41 Å². The minimum atomic E-state index is -0.395. The fourth-order valence-corrected chi connectivity index (χ4v) is 1.20. The van der Waals surface area contributed by atoms with Crippen LogP contribution < -0.4 is 5.32 Å². The number of carbonyl (C=O) groups is 2. The van der Waals surface area contributed by atoms with Gasteiger partial charge < -0.3 is 15.0 Å². The molecule has 0 aliphatic heterocycles. The molecule has 0 aromatic heterocycles. The summed E-state index contributed by atoms with van der Waals surface area (Å²) in [5, 5.41) is 2.81. The van der Waals surface area contributed by atoms with Crippen LogP contribution in [0.15, 0.2) is 0 Å². The largest absolute Gasteiger partial charge is 0.383 e. The lowest BCUT2D eigenvalue weighted by Gasteiger charge is -2.22. The van der Waals surface area contributed by atoms with Gasteiger partial charge in [-0.1, -0.05) is 20.8 Å². The van der Waals surface area contributed by atoms with E-state index in [1.807, 2.05) is 20.8 Å². The number of nitrogens with one attached hydrogen (secondary N) is 1. The lowest BCUT2D eigenvalue weighted by Crippen LogP contribution is -2.42. The number of hydrogen-bond acceptors (Lipinski definition) is 3. The van der Waals surface area contributed by atoms with Crippen LogP contribution in [-0.4, -0.2) is 50.1 Å². The van der Waals surface area contributed by atoms with E-state index in [0.29, 0.717) is 26.2 Å². The van der Waals surface area contributed by atoms with Crippen molar-refractivity contribution in [1.82, 2.24) is 10.2 Å². The van der Waals surface area contributed by atoms with E-state index in [-0.39, 0.29) is 11.8 Å². The van der Waals surface area contributed by atoms with Gasteiger partial charge in [0.15, 0.2) is 0 Å². The zero-order chi connectivity index (χ0) is 13.5. The van der Waals surface area contributed by atoms with Crippen molar-refractivity contribution in [1.29, 1.82) is 0 Å². The maximum absolute atomic E-state index is 11.6. The second kappa shape index (κ2) is 7.27. The number of rotatable bonds is 6. The Hall–Kier alpha value is -1.10. The Balaban J connectivity index is 3.98. The van der Waals surface area contributed by atoms with Crippen LogP contribution in [-0.2, 0) is 14.3 Å². The van der Waals surface area contributed by atoms with Crippen molar-refractivity contribution in [3.63, 3.8) is 0 Å². The first-order valence-electron chi connectivity index (χ1n) is 5.81. The van der Waals surface area contributed by atoms with Gasteiger partial charge in [0.2, 0.25) is 11.8 Å². The molecule has 0 unspecified atom stereocenters. The first kappa shape index (κ1) is 15.9. The van der Waals surface area contributed by atoms with Gasteiger partial charge in [-0.2, -0.15) is 0 Å². The lowest BCUT2D eigenvalue weighted by atomic mass is 9.96. The monoisotopic (exact) mass is 244 g/mol. The molecule has 0 aliphatic carbocycles. The molecule has 0 aliphatic rings. The predicted molar refractivity (Wildman–Crippen MR) is 66.6 cm³/mol. The molecule has 100 valence electrons. The standard InChI is InChI=1S/C12H24N2O3/c1-10(15)14(8-9-17-5)7-6-13-11(16)12(2,3)4/h6-9H2,1-5H3,(H,13,16). The summed E-state index contributed by atoms with van der Waals surface area (Å²) in [6.07, 6.45) is 0. The topological polar surface area (TPSA) is 58.6 Å². The van der Waals surface area contributed by atoms with Crippen LogP contribution in [0.4, 0.5) is 0 Å². The molecule has 0 saturated carbocycles. The Morgan fingerprint density at radius 1 is 1.24 bits per heavy atom. The summed E-state index contributed by atoms with van der Waals surface area (Å²) < 4.78 is 4.92. The van der Waals surface area contributed by atoms with E-state index in [4.69, 9.17) is 4.74 Å². The summed E-state index contributed by atoms with van der Waals surface area (Å²) >= 11 is 0. The van der Waals surface area contributed by atoms with Crippen LogP contribution in [0.1, 0.15) is 27.7 Å². The zero-order valence-electron chi connectivity index (χ0n) is 11.5. The highest BCUT2D eigenvalue weighted by molar-refractivity contribution is 5.81. The third-order valence-electron chi connectivity index (χ3n) is 2.36. The summed E-state index contributed by atoms with van der Waals surface area (Å²) in [6.45, 7) is 9.13. The molecule has 0 bridgehead atoms. The SMILES string of the molecule is COCCN(CCNC(=O)C(C)(C)C)C(C)=O. The van der Waals surface area contributed by atoms with Crippen molar-refractivity contribution in [2.75, 3.05) is 33.4 Å². The first-order chi connectivity index (χ1) is 7.79. The van der Waals surface area contributed by atoms with Gasteiger partial charge in [-0.25, -0.2) is 0 Å². The Labute approximate surface area is 103 Å². The third kappa shape index (κ3) is 6.94. The van der Waals surface area contributed by atoms with Gasteiger partial charge in [0, 0.05) is 39.1 Å². The van der Waals surface area contributed by atoms with Crippen LogP contribution in [0.2, 0.25) is 0 Å². The van der Waals surface area contributed by atoms with E-state index in [2.05, 4.69) is 5.32 Å². The van der Waals surface area contributed by atoms with Crippen molar-refractivity contribution in [3.05, 3.63) is 0 Å². The van der Waals surface area contributed by atoms with E-state index >= 15 is 0 Å². The second-order valence-corrected chi connectivity index (χ2v) is 5.00. The van der Waals surface area contributed by atoms with E-state index in [1.165, 1.54) is 6.92 Å². The molecule has 17 heavy (non-hydrogen) atoms. The number of hydrogen-bond donors (Lipinski definition) is 1. The second-order valence-electron chi connectivity index (χ2n) is 5.00. The fraction of sp³-hybridized carbons (Fsp3) is 0.833. The highest BCUT2D eigenvalue weighted by atomic mass is 16.5. The molecule has 0 radical (unpaired) electrons. The quantitative estimate of drug-likeness (QED) is 0.746. The minimum absolute atomic E-state index is 0.00672. The molecule has 2 amide bonds. The van der Waals surface area contributed by atoms with Gasteiger partial charge in [-0.3, -0.25) is 9.59 Å². The molecule has 0 saturated heterocycles. The summed E-state index contributed by atoms with van der Waals surface area (Å²) in [4.78, 5) is 24.5. The summed E-state index contributed by atoms with van der Waals surface area (Å²) in [7, 11) is 1.60. The number of nitrogens with zero attached hydrogens (tertiary/aromatic N) is 1. The number of carbonyl (C=O) groups excluding carboxylic acids is 2. The summed E-state index contributed by atoms with van der Waals surface area (Å²) in [6, 6.07) is 0. The average Bonchev–Trinajstić information content (AvgIpc) is 2.20. The molecule has 5 nitrogen and oxygen atoms in total. The third-order valence-corrected chi connectivity index (χ3v) is 2.36. The Bertz CT molecular complexity index is 259. The molecule has 0 heterocycles. The molecule has 0 aromatic carbocycles. The predicted octanol–water partition coefficient (Wildman–Crippen LogP) is 0.644. The molecule has 5 heteroatoms. The Morgan fingerprint density at radius 2 is 1.82 bits per heavy atom. The maximum atomic E-state index is 11.6. The van der Waals surface area contributed by atoms with Crippen LogP contribution in [0.3, 0.4) is 0 Å². The Kier molecular flexibility index (Phi) is 6.80. The van der Waals surface area contributed by atoms with Gasteiger partial charge >= 0.3 is 0 Å². The first-order valence-corrected chi connectivity index (χ1v) is 5.81. The van der Waals surface area contributed by atoms with Gasteiger partial charge in [0.05, 0.1) is 6.61 Å². The minimum Gasteiger partial charge on any atom is -0.383 e. The van der Waals surface area contributed by atoms with Crippen molar-refractivity contribution in [2.45, 2.75) is 27.7 Å². The van der Waals surface area contributed by atoms with Crippen LogP contribution in [0.5, 0.6) is 0 Å². The molecule has 0 spiro atoms. The normalized spacial score (nSPS) is 11.1. The molecule has 0 rings (SSSR count). The van der Waals surface area contributed by atoms with Crippen LogP contribution in [0.25, 0.3) is 0 Å². The van der Waals surface area contributed by atoms with Gasteiger partial charge in [-0.15, -0.1) is 0 Å². The van der Waals surface area contributed by atoms with Crippen molar-refractivity contribution in [3.8, 4) is 0 Å². The van der Waals surface area contributed by atoms with Gasteiger partial charge in [-0.05, 0) is 0 Å². The van der Waals surface area contributed by atoms with E-state index in [1.54, 1.807) is 12.0 Å². The highest BCUT2D eigenvalue weighted by Gasteiger charge is 2.20. The zero-order valence-corrected chi connectivity index (χ0v) is 11.5. The van der Waals surface area contributed by atoms with Crippen LogP contribution >= 0.6 is 0 Å². The molecule has 0 aromatic rings. The number of amides is 2. The molecular weight excluding hydrogens is 220 g/mol. The number of methoxy groups -OCH3 is 1. The van der Waals surface area contributed by atoms with Gasteiger partial charge in [0.1, 0.15) is 0 Å². The van der Waals surface area contributed by atoms with E-state index < -0.39 is 5.41 Å².